The van der Waals surface area contributed by atoms with Gasteiger partial charge in [0.05, 0.1) is 0 Å². The van der Waals surface area contributed by atoms with E-state index in [9.17, 15) is 4.79 Å². The Kier molecular flexibility index (Phi) is 11.5. The van der Waals surface area contributed by atoms with Crippen LogP contribution in [-0.4, -0.2) is 30.7 Å². The fourth-order valence-corrected chi connectivity index (χ4v) is 3.53. The Bertz CT molecular complexity index is 880. The first kappa shape index (κ1) is 26.5. The van der Waals surface area contributed by atoms with E-state index in [1.54, 1.807) is 19.2 Å². The second-order valence-electron chi connectivity index (χ2n) is 8.19. The molecule has 0 spiro atoms. The number of unbranched alkanes of at least 4 members (excludes halogenated alkanes) is 1. The van der Waals surface area contributed by atoms with Crippen LogP contribution in [0.1, 0.15) is 37.9 Å². The van der Waals surface area contributed by atoms with Crippen molar-refractivity contribution in [3.8, 4) is 0 Å². The first-order valence-corrected chi connectivity index (χ1v) is 10.5. The van der Waals surface area contributed by atoms with Crippen molar-refractivity contribution in [1.82, 2.24) is 15.2 Å². The third kappa shape index (κ3) is 9.08. The first-order chi connectivity index (χ1) is 13.8. The number of pyridine rings is 1. The number of nitrogens with one attached hydrogen (secondary N) is 2. The van der Waals surface area contributed by atoms with Gasteiger partial charge in [-0.1, -0.05) is 43.6 Å². The zero-order valence-electron chi connectivity index (χ0n) is 18.4. The van der Waals surface area contributed by atoms with Crippen LogP contribution in [0.25, 0.3) is 0 Å². The second kappa shape index (κ2) is 13.0. The lowest BCUT2D eigenvalue weighted by atomic mass is 9.86. The molecule has 7 heteroatoms. The van der Waals surface area contributed by atoms with Crippen molar-refractivity contribution in [1.29, 1.82) is 0 Å². The van der Waals surface area contributed by atoms with Gasteiger partial charge in [-0.05, 0) is 55.4 Å². The molecule has 2 aromatic rings. The minimum Gasteiger partial charge on any atom is -0.356 e. The van der Waals surface area contributed by atoms with E-state index in [4.69, 9.17) is 11.6 Å². The summed E-state index contributed by atoms with van der Waals surface area (Å²) in [6, 6.07) is 13.4. The van der Waals surface area contributed by atoms with E-state index >= 15 is 0 Å². The van der Waals surface area contributed by atoms with Crippen molar-refractivity contribution < 1.29 is 0 Å². The average molecular weight is 545 g/mol. The van der Waals surface area contributed by atoms with Crippen molar-refractivity contribution in [2.75, 3.05) is 20.1 Å². The highest BCUT2D eigenvalue weighted by Crippen LogP contribution is 2.22. The van der Waals surface area contributed by atoms with Gasteiger partial charge in [0.25, 0.3) is 5.56 Å². The normalized spacial score (nSPS) is 11.7. The summed E-state index contributed by atoms with van der Waals surface area (Å²) in [5, 5.41) is 7.56. The van der Waals surface area contributed by atoms with Crippen LogP contribution < -0.4 is 16.2 Å². The zero-order valence-corrected chi connectivity index (χ0v) is 21.5. The molecule has 2 N–H and O–H groups in total. The molecule has 0 saturated carbocycles. The van der Waals surface area contributed by atoms with Crippen LogP contribution >= 0.6 is 35.6 Å². The molecule has 0 bridgehead atoms. The minimum absolute atomic E-state index is 0. The largest absolute Gasteiger partial charge is 0.356 e. The Morgan fingerprint density at radius 1 is 1.13 bits per heavy atom. The summed E-state index contributed by atoms with van der Waals surface area (Å²) in [4.78, 5) is 16.2. The quantitative estimate of drug-likeness (QED) is 0.209. The molecule has 0 aliphatic carbocycles. The van der Waals surface area contributed by atoms with Crippen LogP contribution in [0.3, 0.4) is 0 Å². The van der Waals surface area contributed by atoms with Gasteiger partial charge in [-0.2, -0.15) is 0 Å². The molecule has 2 rings (SSSR count). The summed E-state index contributed by atoms with van der Waals surface area (Å²) >= 11 is 6.10. The van der Waals surface area contributed by atoms with Crippen LogP contribution in [0.5, 0.6) is 0 Å². The molecule has 1 heterocycles. The standard InChI is InChI=1S/C23H33ClN4O.HI/c1-18-9-7-12-21(29)28(18)14-6-5-13-26-22(25-4)27-17-23(2,3)16-19-10-8-11-20(24)15-19;/h7-12,15H,5-6,13-14,16-17H2,1-4H3,(H2,25,26,27);1H. The molecule has 0 atom stereocenters. The van der Waals surface area contributed by atoms with Gasteiger partial charge in [0.2, 0.25) is 0 Å². The van der Waals surface area contributed by atoms with Crippen LogP contribution in [0.4, 0.5) is 0 Å². The fraction of sp³-hybridized carbons (Fsp3) is 0.478. The van der Waals surface area contributed by atoms with E-state index in [0.29, 0.717) is 0 Å². The third-order valence-corrected chi connectivity index (χ3v) is 5.13. The van der Waals surface area contributed by atoms with Gasteiger partial charge >= 0.3 is 0 Å². The lowest BCUT2D eigenvalue weighted by Gasteiger charge is -2.26. The average Bonchev–Trinajstić information content (AvgIpc) is 2.65. The van der Waals surface area contributed by atoms with E-state index in [-0.39, 0.29) is 35.0 Å². The molecule has 166 valence electrons. The molecule has 0 unspecified atom stereocenters. The molecule has 0 aliphatic rings. The topological polar surface area (TPSA) is 58.4 Å². The highest BCUT2D eigenvalue weighted by atomic mass is 127. The number of rotatable bonds is 9. The number of hydrogen-bond donors (Lipinski definition) is 2. The lowest BCUT2D eigenvalue weighted by Crippen LogP contribution is -2.43. The van der Waals surface area contributed by atoms with Crippen LogP contribution in [0.2, 0.25) is 5.02 Å². The number of benzene rings is 1. The SMILES string of the molecule is CN=C(NCCCCn1c(C)cccc1=O)NCC(C)(C)Cc1cccc(Cl)c1.I. The van der Waals surface area contributed by atoms with Crippen LogP contribution in [0, 0.1) is 12.3 Å². The second-order valence-corrected chi connectivity index (χ2v) is 8.62. The minimum atomic E-state index is 0. The maximum atomic E-state index is 11.9. The van der Waals surface area contributed by atoms with E-state index in [2.05, 4.69) is 35.5 Å². The van der Waals surface area contributed by atoms with Crippen molar-refractivity contribution in [2.24, 2.45) is 10.4 Å². The number of aliphatic imine (C=N–C) groups is 1. The van der Waals surface area contributed by atoms with Crippen molar-refractivity contribution in [3.63, 3.8) is 0 Å². The van der Waals surface area contributed by atoms with E-state index in [1.807, 2.05) is 35.8 Å². The molecule has 0 saturated heterocycles. The van der Waals surface area contributed by atoms with Crippen LogP contribution in [0.15, 0.2) is 52.3 Å². The van der Waals surface area contributed by atoms with Crippen molar-refractivity contribution in [3.05, 3.63) is 69.1 Å². The molecule has 0 amide bonds. The smallest absolute Gasteiger partial charge is 0.250 e. The van der Waals surface area contributed by atoms with Crippen molar-refractivity contribution >= 4 is 41.5 Å². The number of nitrogens with zero attached hydrogens (tertiary/aromatic N) is 2. The number of halogens is 2. The molecular formula is C23H34ClIN4O. The van der Waals surface area contributed by atoms with Gasteiger partial charge in [0, 0.05) is 43.5 Å². The predicted molar refractivity (Wildman–Crippen MR) is 138 cm³/mol. The highest BCUT2D eigenvalue weighted by molar-refractivity contribution is 14.0. The lowest BCUT2D eigenvalue weighted by molar-refractivity contribution is 0.359. The summed E-state index contributed by atoms with van der Waals surface area (Å²) in [5.41, 5.74) is 2.37. The number of hydrogen-bond acceptors (Lipinski definition) is 2. The van der Waals surface area contributed by atoms with Gasteiger partial charge < -0.3 is 15.2 Å². The summed E-state index contributed by atoms with van der Waals surface area (Å²) < 4.78 is 1.82. The Balaban J connectivity index is 0.00000450. The highest BCUT2D eigenvalue weighted by Gasteiger charge is 2.19. The summed E-state index contributed by atoms with van der Waals surface area (Å²) in [7, 11) is 1.78. The van der Waals surface area contributed by atoms with Gasteiger partial charge in [0.1, 0.15) is 0 Å². The van der Waals surface area contributed by atoms with Crippen molar-refractivity contribution in [2.45, 2.75) is 46.6 Å². The molecule has 0 radical (unpaired) electrons. The fourth-order valence-electron chi connectivity index (χ4n) is 3.32. The summed E-state index contributed by atoms with van der Waals surface area (Å²) in [6.45, 7) is 8.79. The maximum absolute atomic E-state index is 11.9. The number of aryl methyl sites for hydroxylation is 1. The first-order valence-electron chi connectivity index (χ1n) is 10.2. The molecule has 0 aliphatic heterocycles. The Labute approximate surface area is 202 Å². The zero-order chi connectivity index (χ0) is 21.3. The summed E-state index contributed by atoms with van der Waals surface area (Å²) in [5.74, 6) is 0.803. The van der Waals surface area contributed by atoms with E-state index in [1.165, 1.54) is 5.56 Å². The maximum Gasteiger partial charge on any atom is 0.250 e. The predicted octanol–water partition coefficient (Wildman–Crippen LogP) is 4.64. The molecule has 1 aromatic heterocycles. The molecule has 1 aromatic carbocycles. The Hall–Kier alpha value is -1.54. The Morgan fingerprint density at radius 2 is 1.87 bits per heavy atom. The number of guanidine groups is 1. The van der Waals surface area contributed by atoms with Gasteiger partial charge in [0.15, 0.2) is 5.96 Å². The van der Waals surface area contributed by atoms with E-state index < -0.39 is 0 Å². The monoisotopic (exact) mass is 544 g/mol. The van der Waals surface area contributed by atoms with Gasteiger partial charge in [-0.3, -0.25) is 9.79 Å². The third-order valence-electron chi connectivity index (χ3n) is 4.90. The Morgan fingerprint density at radius 3 is 2.53 bits per heavy atom. The molecular weight excluding hydrogens is 511 g/mol. The van der Waals surface area contributed by atoms with Gasteiger partial charge in [-0.15, -0.1) is 24.0 Å². The number of aromatic nitrogens is 1. The molecule has 0 fully saturated rings. The summed E-state index contributed by atoms with van der Waals surface area (Å²) in [6.07, 6.45) is 2.84. The van der Waals surface area contributed by atoms with Gasteiger partial charge in [-0.25, -0.2) is 0 Å². The van der Waals surface area contributed by atoms with E-state index in [0.717, 1.165) is 55.6 Å². The van der Waals surface area contributed by atoms with Crippen LogP contribution in [-0.2, 0) is 13.0 Å². The molecule has 5 nitrogen and oxygen atoms in total. The molecule has 30 heavy (non-hydrogen) atoms.